The van der Waals surface area contributed by atoms with E-state index in [-0.39, 0.29) is 5.75 Å². The maximum atomic E-state index is 13.7. The van der Waals surface area contributed by atoms with Gasteiger partial charge < -0.3 is 9.84 Å². The Hall–Kier alpha value is -1.99. The molecule has 22 heavy (non-hydrogen) atoms. The molecule has 0 radical (unpaired) electrons. The van der Waals surface area contributed by atoms with E-state index in [4.69, 9.17) is 4.74 Å². The number of nitrogens with zero attached hydrogens (tertiary/aromatic N) is 1. The first-order valence-corrected chi connectivity index (χ1v) is 7.46. The van der Waals surface area contributed by atoms with E-state index in [1.807, 2.05) is 13.8 Å². The molecule has 0 aliphatic rings. The van der Waals surface area contributed by atoms with Crippen LogP contribution < -0.4 is 10.1 Å². The van der Waals surface area contributed by atoms with Crippen molar-refractivity contribution in [2.24, 2.45) is 0 Å². The number of methoxy groups -OCH3 is 1. The van der Waals surface area contributed by atoms with E-state index in [0.717, 1.165) is 15.6 Å². The Morgan fingerprint density at radius 3 is 2.73 bits per heavy atom. The molecular formula is C15H17FN2O3S. The number of carboxylic acids is 1. The predicted molar refractivity (Wildman–Crippen MR) is 81.8 cm³/mol. The zero-order chi connectivity index (χ0) is 16.3. The van der Waals surface area contributed by atoms with Crippen molar-refractivity contribution >= 4 is 17.3 Å². The zero-order valence-corrected chi connectivity index (χ0v) is 13.3. The third-order valence-electron chi connectivity index (χ3n) is 3.29. The lowest BCUT2D eigenvalue weighted by atomic mass is 10.1. The number of hydrogen-bond donors (Lipinski definition) is 2. The molecule has 2 N–H and O–H groups in total. The van der Waals surface area contributed by atoms with E-state index in [0.29, 0.717) is 12.1 Å². The minimum absolute atomic E-state index is 0.0825. The fourth-order valence-electron chi connectivity index (χ4n) is 2.01. The largest absolute Gasteiger partial charge is 0.494 e. The van der Waals surface area contributed by atoms with Gasteiger partial charge in [-0.25, -0.2) is 9.37 Å². The molecular weight excluding hydrogens is 307 g/mol. The summed E-state index contributed by atoms with van der Waals surface area (Å²) in [5.41, 5.74) is 1.26. The second-order valence-electron chi connectivity index (χ2n) is 4.80. The van der Waals surface area contributed by atoms with E-state index in [1.54, 1.807) is 0 Å². The van der Waals surface area contributed by atoms with Crippen molar-refractivity contribution in [3.05, 3.63) is 45.2 Å². The Bertz CT molecular complexity index is 668. The highest BCUT2D eigenvalue weighted by Crippen LogP contribution is 2.23. The van der Waals surface area contributed by atoms with Gasteiger partial charge in [0.05, 0.1) is 12.8 Å². The van der Waals surface area contributed by atoms with Gasteiger partial charge in [-0.15, -0.1) is 11.3 Å². The summed E-state index contributed by atoms with van der Waals surface area (Å²) in [6.45, 7) is 4.18. The molecule has 0 saturated heterocycles. The van der Waals surface area contributed by atoms with Crippen LogP contribution in [0.25, 0.3) is 0 Å². The van der Waals surface area contributed by atoms with Crippen LogP contribution in [-0.4, -0.2) is 23.2 Å². The molecule has 2 aromatic rings. The number of thiazole rings is 1. The first-order valence-electron chi connectivity index (χ1n) is 6.65. The summed E-state index contributed by atoms with van der Waals surface area (Å²) < 4.78 is 18.6. The van der Waals surface area contributed by atoms with Crippen molar-refractivity contribution in [1.82, 2.24) is 10.3 Å². The average molecular weight is 324 g/mol. The summed E-state index contributed by atoms with van der Waals surface area (Å²) in [6, 6.07) is 3.11. The molecule has 0 bridgehead atoms. The standard InChI is InChI=1S/C15H17FN2O3S/c1-8-9(2)22-13(18-8)7-17-14(15(19)20)10-4-5-12(21-3)11(16)6-10/h4-6,14,17H,7H2,1-3H3,(H,19,20). The van der Waals surface area contributed by atoms with Crippen LogP contribution in [0.2, 0.25) is 0 Å². The molecule has 118 valence electrons. The van der Waals surface area contributed by atoms with Gasteiger partial charge in [0.25, 0.3) is 0 Å². The molecule has 2 rings (SSSR count). The molecule has 0 aliphatic carbocycles. The smallest absolute Gasteiger partial charge is 0.325 e. The molecule has 1 unspecified atom stereocenters. The monoisotopic (exact) mass is 324 g/mol. The summed E-state index contributed by atoms with van der Waals surface area (Å²) in [5, 5.41) is 13.0. The number of benzene rings is 1. The van der Waals surface area contributed by atoms with Crippen LogP contribution in [0.3, 0.4) is 0 Å². The second-order valence-corrected chi connectivity index (χ2v) is 6.08. The van der Waals surface area contributed by atoms with Gasteiger partial charge in [-0.1, -0.05) is 6.07 Å². The van der Waals surface area contributed by atoms with Gasteiger partial charge in [0, 0.05) is 11.4 Å². The lowest BCUT2D eigenvalue weighted by Crippen LogP contribution is -2.28. The summed E-state index contributed by atoms with van der Waals surface area (Å²) in [4.78, 5) is 16.9. The van der Waals surface area contributed by atoms with Crippen LogP contribution >= 0.6 is 11.3 Å². The number of ether oxygens (including phenoxy) is 1. The predicted octanol–water partition coefficient (Wildman–Crippen LogP) is 2.82. The molecule has 0 aliphatic heterocycles. The number of aliphatic carboxylic acids is 1. The Kier molecular flexibility index (Phi) is 5.10. The van der Waals surface area contributed by atoms with Crippen molar-refractivity contribution in [2.45, 2.75) is 26.4 Å². The molecule has 1 aromatic heterocycles. The van der Waals surface area contributed by atoms with Crippen molar-refractivity contribution in [3.63, 3.8) is 0 Å². The molecule has 5 nitrogen and oxygen atoms in total. The van der Waals surface area contributed by atoms with Crippen LogP contribution in [0, 0.1) is 19.7 Å². The van der Waals surface area contributed by atoms with Gasteiger partial charge in [-0.3, -0.25) is 10.1 Å². The van der Waals surface area contributed by atoms with E-state index in [9.17, 15) is 14.3 Å². The SMILES string of the molecule is COc1ccc(C(NCc2nc(C)c(C)s2)C(=O)O)cc1F. The Labute approximate surface area is 131 Å². The first-order chi connectivity index (χ1) is 10.4. The molecule has 0 amide bonds. The Morgan fingerprint density at radius 2 is 2.23 bits per heavy atom. The normalized spacial score (nSPS) is 12.2. The number of carbonyl (C=O) groups is 1. The first kappa shape index (κ1) is 16.4. The van der Waals surface area contributed by atoms with Gasteiger partial charge in [-0.2, -0.15) is 0 Å². The number of hydrogen-bond acceptors (Lipinski definition) is 5. The van der Waals surface area contributed by atoms with Crippen LogP contribution in [-0.2, 0) is 11.3 Å². The molecule has 1 aromatic carbocycles. The van der Waals surface area contributed by atoms with Gasteiger partial charge in [0.15, 0.2) is 11.6 Å². The van der Waals surface area contributed by atoms with Crippen molar-refractivity contribution < 1.29 is 19.0 Å². The topological polar surface area (TPSA) is 71.5 Å². The van der Waals surface area contributed by atoms with Crippen LogP contribution in [0.1, 0.15) is 27.2 Å². The van der Waals surface area contributed by atoms with Crippen molar-refractivity contribution in [2.75, 3.05) is 7.11 Å². The lowest BCUT2D eigenvalue weighted by molar-refractivity contribution is -0.139. The Morgan fingerprint density at radius 1 is 1.50 bits per heavy atom. The Balaban J connectivity index is 2.16. The number of halogens is 1. The molecule has 1 atom stereocenters. The third kappa shape index (κ3) is 3.61. The quantitative estimate of drug-likeness (QED) is 0.855. The van der Waals surface area contributed by atoms with E-state index in [1.165, 1.54) is 36.6 Å². The lowest BCUT2D eigenvalue weighted by Gasteiger charge is -2.15. The van der Waals surface area contributed by atoms with Crippen LogP contribution in [0.5, 0.6) is 5.75 Å². The average Bonchev–Trinajstić information content (AvgIpc) is 2.78. The number of rotatable bonds is 6. The fourth-order valence-corrected chi connectivity index (χ4v) is 2.90. The fraction of sp³-hybridized carbons (Fsp3) is 0.333. The highest BCUT2D eigenvalue weighted by Gasteiger charge is 2.21. The number of aryl methyl sites for hydroxylation is 2. The minimum Gasteiger partial charge on any atom is -0.494 e. The summed E-state index contributed by atoms with van der Waals surface area (Å²) in [7, 11) is 1.36. The summed E-state index contributed by atoms with van der Waals surface area (Å²) in [5.74, 6) is -1.58. The number of aromatic nitrogens is 1. The van der Waals surface area contributed by atoms with Gasteiger partial charge >= 0.3 is 5.97 Å². The highest BCUT2D eigenvalue weighted by molar-refractivity contribution is 7.11. The van der Waals surface area contributed by atoms with Gasteiger partial charge in [-0.05, 0) is 31.5 Å². The number of carboxylic acid groups (broad SMARTS) is 1. The van der Waals surface area contributed by atoms with E-state index >= 15 is 0 Å². The van der Waals surface area contributed by atoms with Crippen LogP contribution in [0.15, 0.2) is 18.2 Å². The maximum absolute atomic E-state index is 13.7. The third-order valence-corrected chi connectivity index (χ3v) is 4.36. The maximum Gasteiger partial charge on any atom is 0.325 e. The molecule has 7 heteroatoms. The van der Waals surface area contributed by atoms with Crippen LogP contribution in [0.4, 0.5) is 4.39 Å². The van der Waals surface area contributed by atoms with Gasteiger partial charge in [0.1, 0.15) is 11.0 Å². The van der Waals surface area contributed by atoms with E-state index < -0.39 is 17.8 Å². The summed E-state index contributed by atoms with van der Waals surface area (Å²) >= 11 is 1.51. The van der Waals surface area contributed by atoms with Crippen molar-refractivity contribution in [1.29, 1.82) is 0 Å². The molecule has 0 fully saturated rings. The minimum atomic E-state index is -1.07. The van der Waals surface area contributed by atoms with Gasteiger partial charge in [0.2, 0.25) is 0 Å². The summed E-state index contributed by atoms with van der Waals surface area (Å²) in [6.07, 6.45) is 0. The molecule has 0 saturated carbocycles. The number of nitrogens with one attached hydrogen (secondary N) is 1. The van der Waals surface area contributed by atoms with Crippen molar-refractivity contribution in [3.8, 4) is 5.75 Å². The molecule has 1 heterocycles. The molecule has 0 spiro atoms. The highest BCUT2D eigenvalue weighted by atomic mass is 32.1. The second kappa shape index (κ2) is 6.85. The van der Waals surface area contributed by atoms with E-state index in [2.05, 4.69) is 10.3 Å². The zero-order valence-electron chi connectivity index (χ0n) is 12.5.